The number of guanidine groups is 1. The summed E-state index contributed by atoms with van der Waals surface area (Å²) in [6.45, 7) is 0.454. The van der Waals surface area contributed by atoms with E-state index in [1.807, 2.05) is 0 Å². The average molecular weight is 604 g/mol. The first kappa shape index (κ1) is 43.6. The van der Waals surface area contributed by atoms with Gasteiger partial charge < -0.3 is 58.9 Å². The second-order valence-corrected chi connectivity index (χ2v) is 7.55. The number of nitrogens with one attached hydrogen (secondary N) is 3. The van der Waals surface area contributed by atoms with E-state index < -0.39 is 48.3 Å². The Kier molecular flexibility index (Phi) is 21.4. The number of fused-ring (bicyclic) bond motifs is 1. The smallest absolute Gasteiger partial charge is 0.326 e. The number of anilines is 1. The molecule has 2 aliphatic rings. The Morgan fingerprint density at radius 2 is 1.73 bits per heavy atom. The molecule has 0 saturated carbocycles. The van der Waals surface area contributed by atoms with Crippen molar-refractivity contribution in [3.8, 4) is 0 Å². The second kappa shape index (κ2) is 19.6. The molecule has 20 heteroatoms. The van der Waals surface area contributed by atoms with Gasteiger partial charge in [-0.25, -0.2) is 4.79 Å². The number of carbonyl (C=O) groups is 5. The molecule has 3 rings (SSSR count). The van der Waals surface area contributed by atoms with Gasteiger partial charge in [0.15, 0.2) is 11.9 Å². The third-order valence-corrected chi connectivity index (χ3v) is 5.22. The van der Waals surface area contributed by atoms with E-state index in [1.54, 1.807) is 12.1 Å². The van der Waals surface area contributed by atoms with Crippen LogP contribution in [0.4, 0.5) is 5.69 Å². The number of carboxylic acids is 2. The summed E-state index contributed by atoms with van der Waals surface area (Å²) in [6, 6.07) is 3.36. The predicted octanol–water partition coefficient (Wildman–Crippen LogP) is -6.31. The summed E-state index contributed by atoms with van der Waals surface area (Å²) < 4.78 is 0. The van der Waals surface area contributed by atoms with Crippen molar-refractivity contribution >= 4 is 85.4 Å². The molecule has 1 aromatic rings. The summed E-state index contributed by atoms with van der Waals surface area (Å²) in [4.78, 5) is 67.7. The zero-order chi connectivity index (χ0) is 24.8. The van der Waals surface area contributed by atoms with E-state index in [9.17, 15) is 24.0 Å². The maximum absolute atomic E-state index is 12.3. The first-order valence-corrected chi connectivity index (χ1v) is 10.2. The van der Waals surface area contributed by atoms with Crippen LogP contribution in [0.15, 0.2) is 34.3 Å². The van der Waals surface area contributed by atoms with Gasteiger partial charge in [-0.3, -0.25) is 29.5 Å². The number of carbonyl (C=O) groups excluding carboxylic acids is 3. The Bertz CT molecular complexity index is 1070. The van der Waals surface area contributed by atoms with Crippen molar-refractivity contribution in [2.24, 2.45) is 15.7 Å². The third-order valence-electron chi connectivity index (χ3n) is 5.22. The number of nitrogens with two attached hydrogens (primary N) is 1. The fourth-order valence-corrected chi connectivity index (χ4v) is 3.48. The first-order valence-electron chi connectivity index (χ1n) is 10.2. The van der Waals surface area contributed by atoms with E-state index in [-0.39, 0.29) is 102 Å². The molecule has 0 bridgehead atoms. The zero-order valence-electron chi connectivity index (χ0n) is 21.0. The van der Waals surface area contributed by atoms with Crippen molar-refractivity contribution in [2.45, 2.75) is 31.0 Å². The quantitative estimate of drug-likeness (QED) is 0.109. The van der Waals surface area contributed by atoms with Gasteiger partial charge in [0, 0.05) is 62.0 Å². The van der Waals surface area contributed by atoms with Gasteiger partial charge in [-0.05, 0) is 30.7 Å². The molecular formula is C20H33CaN7O12. The summed E-state index contributed by atoms with van der Waals surface area (Å²) >= 11 is 0. The Balaban J connectivity index is -0.00000108. The fourth-order valence-electron chi connectivity index (χ4n) is 3.48. The van der Waals surface area contributed by atoms with Gasteiger partial charge in [-0.15, -0.1) is 0 Å². The van der Waals surface area contributed by atoms with Gasteiger partial charge in [-0.2, -0.15) is 4.99 Å². The van der Waals surface area contributed by atoms with Crippen LogP contribution < -0.4 is 21.7 Å². The molecular weight excluding hydrogens is 570 g/mol. The number of amidine groups is 1. The number of benzene rings is 1. The van der Waals surface area contributed by atoms with Gasteiger partial charge in [0.2, 0.25) is 12.4 Å². The topological polar surface area (TPSA) is 373 Å². The minimum Gasteiger partial charge on any atom is -0.481 e. The summed E-state index contributed by atoms with van der Waals surface area (Å²) in [6.07, 6.45) is -0.0857. The van der Waals surface area contributed by atoms with Crippen LogP contribution in [0, 0.1) is 0 Å². The van der Waals surface area contributed by atoms with Crippen LogP contribution in [-0.4, -0.2) is 153 Å². The molecule has 2 radical (unpaired) electrons. The van der Waals surface area contributed by atoms with Crippen molar-refractivity contribution in [3.63, 3.8) is 0 Å². The SMILES string of the molecule is NC1=NC2=NCC(CNc3ccc(C(=O)NC(CCC(=O)O)C(=O)O)cc3)N(C=O)C2C(=O)N1.O.O.O.O.O.[Ca]. The molecule has 17 N–H and O–H groups in total. The molecule has 0 fully saturated rings. The number of nitrogens with zero attached hydrogens (tertiary/aromatic N) is 3. The molecule has 0 spiro atoms. The Morgan fingerprint density at radius 3 is 2.25 bits per heavy atom. The normalized spacial score (nSPS) is 17.1. The molecule has 0 aliphatic carbocycles. The molecule has 0 aromatic heterocycles. The van der Waals surface area contributed by atoms with E-state index >= 15 is 0 Å². The van der Waals surface area contributed by atoms with Crippen molar-refractivity contribution < 1.29 is 61.6 Å². The monoisotopic (exact) mass is 603 g/mol. The number of carboxylic acid groups (broad SMARTS) is 2. The number of rotatable bonds is 10. The maximum atomic E-state index is 12.3. The van der Waals surface area contributed by atoms with Gasteiger partial charge in [0.25, 0.3) is 11.8 Å². The summed E-state index contributed by atoms with van der Waals surface area (Å²) in [5.74, 6) is -3.56. The number of aliphatic imine (C=N–C) groups is 2. The first-order chi connectivity index (χ1) is 16.2. The molecule has 0 saturated heterocycles. The molecule has 2 aliphatic heterocycles. The van der Waals surface area contributed by atoms with E-state index in [0.29, 0.717) is 12.1 Å². The summed E-state index contributed by atoms with van der Waals surface area (Å²) in [5, 5.41) is 25.7. The van der Waals surface area contributed by atoms with Crippen molar-refractivity contribution in [2.75, 3.05) is 18.4 Å². The molecule has 40 heavy (non-hydrogen) atoms. The molecule has 2 heterocycles. The number of hydrogen-bond donors (Lipinski definition) is 6. The van der Waals surface area contributed by atoms with Crippen LogP contribution in [0.3, 0.4) is 0 Å². The second-order valence-electron chi connectivity index (χ2n) is 7.55. The molecule has 1 aromatic carbocycles. The fraction of sp³-hybridized carbons (Fsp3) is 0.350. The van der Waals surface area contributed by atoms with Gasteiger partial charge in [0.1, 0.15) is 6.04 Å². The van der Waals surface area contributed by atoms with Crippen molar-refractivity contribution in [1.29, 1.82) is 0 Å². The Morgan fingerprint density at radius 1 is 1.12 bits per heavy atom. The standard InChI is InChI=1S/C20H23N7O7.Ca.5H2O/c21-20-25-16-15(18(32)26-20)27(9-28)12(8-23-16)7-22-11-3-1-10(2-4-11)17(31)24-13(19(33)34)5-6-14(29)30;;;;;;/h1-4,9,12-13,15,22H,5-8H2,(H,24,31)(H,29,30)(H,33,34)(H3,21,23,25,26,32);;5*1H2. The van der Waals surface area contributed by atoms with Crippen molar-refractivity contribution in [1.82, 2.24) is 15.5 Å². The van der Waals surface area contributed by atoms with Crippen LogP contribution >= 0.6 is 0 Å². The van der Waals surface area contributed by atoms with E-state index in [4.69, 9.17) is 15.9 Å². The average Bonchev–Trinajstić information content (AvgIpc) is 2.79. The summed E-state index contributed by atoms with van der Waals surface area (Å²) in [7, 11) is 0. The van der Waals surface area contributed by atoms with E-state index in [1.165, 1.54) is 17.0 Å². The molecule has 3 atom stereocenters. The minimum atomic E-state index is -1.33. The van der Waals surface area contributed by atoms with Crippen molar-refractivity contribution in [3.05, 3.63) is 29.8 Å². The van der Waals surface area contributed by atoms with Gasteiger partial charge in [-0.1, -0.05) is 0 Å². The number of amides is 3. The van der Waals surface area contributed by atoms with Gasteiger partial charge >= 0.3 is 11.9 Å². The Hall–Kier alpha value is -3.43. The maximum Gasteiger partial charge on any atom is 0.326 e. The van der Waals surface area contributed by atoms with Crippen LogP contribution in [0.5, 0.6) is 0 Å². The summed E-state index contributed by atoms with van der Waals surface area (Å²) in [5.41, 5.74) is 6.32. The third kappa shape index (κ3) is 11.0. The molecule has 19 nitrogen and oxygen atoms in total. The Labute approximate surface area is 256 Å². The minimum absolute atomic E-state index is 0. The number of aliphatic carboxylic acids is 2. The van der Waals surface area contributed by atoms with Gasteiger partial charge in [0.05, 0.1) is 12.6 Å². The molecule has 3 amide bonds. The predicted molar refractivity (Wildman–Crippen MR) is 142 cm³/mol. The van der Waals surface area contributed by atoms with Crippen LogP contribution in [0.1, 0.15) is 23.2 Å². The van der Waals surface area contributed by atoms with Crippen LogP contribution in [0.2, 0.25) is 0 Å². The molecule has 222 valence electrons. The van der Waals surface area contributed by atoms with E-state index in [0.717, 1.165) is 0 Å². The van der Waals surface area contributed by atoms with Crippen LogP contribution in [0.25, 0.3) is 0 Å². The zero-order valence-corrected chi connectivity index (χ0v) is 23.2. The largest absolute Gasteiger partial charge is 0.481 e. The molecule has 3 unspecified atom stereocenters. The van der Waals surface area contributed by atoms with Crippen LogP contribution in [-0.2, 0) is 19.2 Å². The number of hydrogen-bond acceptors (Lipinski definition) is 9. The van der Waals surface area contributed by atoms with E-state index in [2.05, 4.69) is 25.9 Å².